The van der Waals surface area contributed by atoms with E-state index < -0.39 is 6.10 Å². The Morgan fingerprint density at radius 1 is 1.45 bits per heavy atom. The number of benzene rings is 1. The van der Waals surface area contributed by atoms with E-state index in [1.807, 2.05) is 19.0 Å². The lowest BCUT2D eigenvalue weighted by atomic mass is 10.1. The fraction of sp³-hybridized carbons (Fsp3) is 0.438. The highest BCUT2D eigenvalue weighted by molar-refractivity contribution is 5.97. The fourth-order valence-electron chi connectivity index (χ4n) is 1.53. The quantitative estimate of drug-likeness (QED) is 0.654. The zero-order valence-corrected chi connectivity index (χ0v) is 12.4. The number of rotatable bonds is 5. The molecule has 0 saturated heterocycles. The van der Waals surface area contributed by atoms with E-state index in [-0.39, 0.29) is 5.78 Å². The molecular weight excluding hydrogens is 254 g/mol. The van der Waals surface area contributed by atoms with Gasteiger partial charge in [-0.15, -0.1) is 0 Å². The van der Waals surface area contributed by atoms with Gasteiger partial charge in [-0.3, -0.25) is 4.79 Å². The van der Waals surface area contributed by atoms with Crippen molar-refractivity contribution < 1.29 is 14.6 Å². The van der Waals surface area contributed by atoms with Crippen LogP contribution in [-0.2, 0) is 0 Å². The molecule has 1 atom stereocenters. The van der Waals surface area contributed by atoms with Gasteiger partial charge < -0.3 is 14.7 Å². The van der Waals surface area contributed by atoms with E-state index in [9.17, 15) is 4.79 Å². The number of likely N-dealkylation sites (N-methyl/N-ethyl adjacent to an activating group) is 1. The van der Waals surface area contributed by atoms with Gasteiger partial charge in [-0.25, -0.2) is 0 Å². The molecule has 1 rings (SSSR count). The maximum absolute atomic E-state index is 11.7. The van der Waals surface area contributed by atoms with Crippen LogP contribution in [0.2, 0.25) is 0 Å². The van der Waals surface area contributed by atoms with Crippen molar-refractivity contribution in [1.82, 2.24) is 4.90 Å². The third kappa shape index (κ3) is 5.43. The number of hydrogen-bond donors (Lipinski definition) is 1. The van der Waals surface area contributed by atoms with Crippen LogP contribution in [0.1, 0.15) is 29.8 Å². The smallest absolute Gasteiger partial charge is 0.163 e. The Balaban J connectivity index is 2.91. The number of ketones is 1. The molecule has 1 aromatic rings. The minimum absolute atomic E-state index is 0.0643. The molecule has 0 heterocycles. The maximum atomic E-state index is 11.7. The number of nitrogens with zero attached hydrogens (tertiary/aromatic N) is 1. The standard InChI is InChI=1S/C16H21NO3/c1-12(18)5-6-14-7-8-16(15(11-14)13(2)19)20-10-9-17(3)4/h7-8,11-12,18H,9-10H2,1-4H3. The number of carbonyl (C=O) groups is 1. The second-order valence-corrected chi connectivity index (χ2v) is 4.86. The Hall–Kier alpha value is -1.83. The number of aliphatic hydroxyl groups is 1. The van der Waals surface area contributed by atoms with Crippen LogP contribution in [0.4, 0.5) is 0 Å². The maximum Gasteiger partial charge on any atom is 0.163 e. The highest BCUT2D eigenvalue weighted by Gasteiger charge is 2.09. The summed E-state index contributed by atoms with van der Waals surface area (Å²) in [5, 5.41) is 9.14. The van der Waals surface area contributed by atoms with Gasteiger partial charge in [-0.2, -0.15) is 0 Å². The van der Waals surface area contributed by atoms with E-state index in [0.717, 1.165) is 6.54 Å². The Morgan fingerprint density at radius 3 is 2.70 bits per heavy atom. The first kappa shape index (κ1) is 16.2. The molecule has 4 nitrogen and oxygen atoms in total. The summed E-state index contributed by atoms with van der Waals surface area (Å²) in [6.45, 7) is 4.39. The molecule has 1 unspecified atom stereocenters. The predicted octanol–water partition coefficient (Wildman–Crippen LogP) is 1.56. The van der Waals surface area contributed by atoms with Gasteiger partial charge in [0.2, 0.25) is 0 Å². The van der Waals surface area contributed by atoms with E-state index in [2.05, 4.69) is 11.8 Å². The molecule has 0 amide bonds. The van der Waals surface area contributed by atoms with E-state index in [1.165, 1.54) is 6.92 Å². The van der Waals surface area contributed by atoms with Crippen molar-refractivity contribution >= 4 is 5.78 Å². The minimum Gasteiger partial charge on any atom is -0.491 e. The van der Waals surface area contributed by atoms with Crippen LogP contribution in [-0.4, -0.2) is 49.1 Å². The lowest BCUT2D eigenvalue weighted by Crippen LogP contribution is -2.20. The summed E-state index contributed by atoms with van der Waals surface area (Å²) in [6.07, 6.45) is -0.688. The van der Waals surface area contributed by atoms with Gasteiger partial charge in [-0.05, 0) is 46.1 Å². The number of carbonyl (C=O) groups excluding carboxylic acids is 1. The SMILES string of the molecule is CC(=O)c1cc(C#CC(C)O)ccc1OCCN(C)C. The van der Waals surface area contributed by atoms with Crippen molar-refractivity contribution in [2.24, 2.45) is 0 Å². The third-order valence-electron chi connectivity index (χ3n) is 2.58. The Morgan fingerprint density at radius 2 is 2.15 bits per heavy atom. The van der Waals surface area contributed by atoms with Crippen molar-refractivity contribution in [3.8, 4) is 17.6 Å². The monoisotopic (exact) mass is 275 g/mol. The Labute approximate surface area is 120 Å². The van der Waals surface area contributed by atoms with E-state index >= 15 is 0 Å². The number of aliphatic hydroxyl groups excluding tert-OH is 1. The van der Waals surface area contributed by atoms with E-state index in [4.69, 9.17) is 9.84 Å². The molecule has 4 heteroatoms. The molecule has 108 valence electrons. The van der Waals surface area contributed by atoms with Gasteiger partial charge in [0.05, 0.1) is 5.56 Å². The number of ether oxygens (including phenoxy) is 1. The summed E-state index contributed by atoms with van der Waals surface area (Å²) >= 11 is 0. The van der Waals surface area contributed by atoms with Crippen molar-refractivity contribution in [1.29, 1.82) is 0 Å². The fourth-order valence-corrected chi connectivity index (χ4v) is 1.53. The Bertz CT molecular complexity index is 524. The zero-order valence-electron chi connectivity index (χ0n) is 12.4. The Kier molecular flexibility index (Phi) is 6.23. The molecule has 20 heavy (non-hydrogen) atoms. The first-order valence-electron chi connectivity index (χ1n) is 6.52. The molecule has 0 aromatic heterocycles. The lowest BCUT2D eigenvalue weighted by molar-refractivity contribution is 0.101. The molecule has 0 aliphatic heterocycles. The van der Waals surface area contributed by atoms with Gasteiger partial charge in [-0.1, -0.05) is 11.8 Å². The molecule has 0 spiro atoms. The number of Topliss-reactive ketones (excluding diaryl/α,β-unsaturated/α-hetero) is 1. The molecule has 0 aliphatic carbocycles. The van der Waals surface area contributed by atoms with Crippen LogP contribution in [0, 0.1) is 11.8 Å². The molecule has 0 radical (unpaired) electrons. The van der Waals surface area contributed by atoms with E-state index in [1.54, 1.807) is 25.1 Å². The minimum atomic E-state index is -0.688. The molecule has 0 aliphatic rings. The van der Waals surface area contributed by atoms with Crippen LogP contribution in [0.25, 0.3) is 0 Å². The van der Waals surface area contributed by atoms with Crippen LogP contribution in [0.3, 0.4) is 0 Å². The van der Waals surface area contributed by atoms with Gasteiger partial charge in [0.1, 0.15) is 18.5 Å². The second kappa shape index (κ2) is 7.68. The molecule has 0 saturated carbocycles. The summed E-state index contributed by atoms with van der Waals surface area (Å²) < 4.78 is 5.63. The van der Waals surface area contributed by atoms with Crippen molar-refractivity contribution in [2.45, 2.75) is 20.0 Å². The van der Waals surface area contributed by atoms with Gasteiger partial charge in [0.25, 0.3) is 0 Å². The third-order valence-corrected chi connectivity index (χ3v) is 2.58. The van der Waals surface area contributed by atoms with Crippen molar-refractivity contribution in [3.63, 3.8) is 0 Å². The van der Waals surface area contributed by atoms with Gasteiger partial charge >= 0.3 is 0 Å². The van der Waals surface area contributed by atoms with E-state index in [0.29, 0.717) is 23.5 Å². The first-order chi connectivity index (χ1) is 9.40. The molecule has 0 fully saturated rings. The number of hydrogen-bond acceptors (Lipinski definition) is 4. The highest BCUT2D eigenvalue weighted by atomic mass is 16.5. The molecule has 0 bridgehead atoms. The highest BCUT2D eigenvalue weighted by Crippen LogP contribution is 2.20. The van der Waals surface area contributed by atoms with Crippen molar-refractivity contribution in [2.75, 3.05) is 27.2 Å². The van der Waals surface area contributed by atoms with Gasteiger partial charge in [0.15, 0.2) is 5.78 Å². The zero-order chi connectivity index (χ0) is 15.1. The largest absolute Gasteiger partial charge is 0.491 e. The average molecular weight is 275 g/mol. The summed E-state index contributed by atoms with van der Waals surface area (Å²) in [5.41, 5.74) is 1.21. The normalized spacial score (nSPS) is 11.7. The van der Waals surface area contributed by atoms with Crippen LogP contribution < -0.4 is 4.74 Å². The first-order valence-corrected chi connectivity index (χ1v) is 6.52. The summed E-state index contributed by atoms with van der Waals surface area (Å²) in [4.78, 5) is 13.7. The lowest BCUT2D eigenvalue weighted by Gasteiger charge is -2.13. The summed E-state index contributed by atoms with van der Waals surface area (Å²) in [5.74, 6) is 5.98. The topological polar surface area (TPSA) is 49.8 Å². The van der Waals surface area contributed by atoms with Gasteiger partial charge in [0, 0.05) is 12.1 Å². The van der Waals surface area contributed by atoms with Crippen LogP contribution >= 0.6 is 0 Å². The van der Waals surface area contributed by atoms with Crippen molar-refractivity contribution in [3.05, 3.63) is 29.3 Å². The van der Waals surface area contributed by atoms with Crippen LogP contribution in [0.5, 0.6) is 5.75 Å². The average Bonchev–Trinajstić information content (AvgIpc) is 2.36. The molecule has 1 aromatic carbocycles. The summed E-state index contributed by atoms with van der Waals surface area (Å²) in [7, 11) is 3.92. The molecule has 1 N–H and O–H groups in total. The molecular formula is C16H21NO3. The summed E-state index contributed by atoms with van der Waals surface area (Å²) in [6, 6.07) is 5.23. The second-order valence-electron chi connectivity index (χ2n) is 4.86. The predicted molar refractivity (Wildman–Crippen MR) is 79.1 cm³/mol. The van der Waals surface area contributed by atoms with Crippen LogP contribution in [0.15, 0.2) is 18.2 Å².